The van der Waals surface area contributed by atoms with Crippen LogP contribution in [0.2, 0.25) is 0 Å². The number of rotatable bonds is 5. The molecule has 0 unspecified atom stereocenters. The molecule has 0 atom stereocenters. The molecule has 0 aliphatic heterocycles. The van der Waals surface area contributed by atoms with Crippen molar-refractivity contribution in [3.63, 3.8) is 0 Å². The maximum atomic E-state index is 6.96. The summed E-state index contributed by atoms with van der Waals surface area (Å²) in [7, 11) is 0. The maximum Gasteiger partial charge on any atom is 0.143 e. The molecular weight excluding hydrogens is 607 g/mol. The summed E-state index contributed by atoms with van der Waals surface area (Å²) in [5, 5.41) is 9.38. The Hall–Kier alpha value is -6.64. The van der Waals surface area contributed by atoms with E-state index in [9.17, 15) is 0 Å². The van der Waals surface area contributed by atoms with Gasteiger partial charge in [0.15, 0.2) is 0 Å². The Labute approximate surface area is 290 Å². The molecule has 9 aromatic carbocycles. The van der Waals surface area contributed by atoms with Crippen LogP contribution in [0.25, 0.3) is 76.5 Å². The highest BCUT2D eigenvalue weighted by molar-refractivity contribution is 6.22. The monoisotopic (exact) mass is 637 g/mol. The number of hydrogen-bond acceptors (Lipinski definition) is 2. The summed E-state index contributed by atoms with van der Waals surface area (Å²) < 4.78 is 6.96. The van der Waals surface area contributed by atoms with E-state index < -0.39 is 0 Å². The molecule has 234 valence electrons. The molecule has 0 saturated carbocycles. The van der Waals surface area contributed by atoms with E-state index in [1.807, 2.05) is 0 Å². The molecule has 10 rings (SSSR count). The zero-order chi connectivity index (χ0) is 33.0. The third-order valence-corrected chi connectivity index (χ3v) is 10.0. The minimum atomic E-state index is 0.862. The number of nitrogens with zero attached hydrogens (tertiary/aromatic N) is 1. The molecule has 10 aromatic rings. The third kappa shape index (κ3) is 4.57. The van der Waals surface area contributed by atoms with Crippen LogP contribution in [-0.2, 0) is 0 Å². The van der Waals surface area contributed by atoms with Crippen LogP contribution in [0, 0.1) is 0 Å². The van der Waals surface area contributed by atoms with E-state index in [1.54, 1.807) is 0 Å². The molecule has 0 fully saturated rings. The second-order valence-corrected chi connectivity index (χ2v) is 12.9. The molecule has 0 bridgehead atoms. The summed E-state index contributed by atoms with van der Waals surface area (Å²) >= 11 is 0. The van der Waals surface area contributed by atoms with Gasteiger partial charge in [0.1, 0.15) is 11.2 Å². The van der Waals surface area contributed by atoms with Crippen molar-refractivity contribution in [1.29, 1.82) is 0 Å². The average molecular weight is 638 g/mol. The first-order valence-corrected chi connectivity index (χ1v) is 17.1. The Kier molecular flexibility index (Phi) is 6.53. The topological polar surface area (TPSA) is 16.4 Å². The molecule has 1 heterocycles. The fraction of sp³-hybridized carbons (Fsp3) is 0. The number of hydrogen-bond donors (Lipinski definition) is 0. The summed E-state index contributed by atoms with van der Waals surface area (Å²) in [6.45, 7) is 0. The van der Waals surface area contributed by atoms with Crippen molar-refractivity contribution in [1.82, 2.24) is 0 Å². The fourth-order valence-electron chi connectivity index (χ4n) is 7.67. The van der Waals surface area contributed by atoms with Crippen molar-refractivity contribution in [3.8, 4) is 22.3 Å². The smallest absolute Gasteiger partial charge is 0.143 e. The Balaban J connectivity index is 1.27. The molecule has 50 heavy (non-hydrogen) atoms. The van der Waals surface area contributed by atoms with Gasteiger partial charge < -0.3 is 9.32 Å². The molecule has 2 heteroatoms. The normalized spacial score (nSPS) is 11.6. The lowest BCUT2D eigenvalue weighted by molar-refractivity contribution is 0.670. The summed E-state index contributed by atoms with van der Waals surface area (Å²) in [4.78, 5) is 2.40. The molecule has 0 amide bonds. The van der Waals surface area contributed by atoms with E-state index in [1.165, 1.54) is 43.4 Å². The molecular formula is C48H31NO. The van der Waals surface area contributed by atoms with Gasteiger partial charge in [-0.15, -0.1) is 0 Å². The Morgan fingerprint density at radius 1 is 0.360 bits per heavy atom. The number of benzene rings is 9. The summed E-state index contributed by atoms with van der Waals surface area (Å²) in [6, 6.07) is 67.4. The zero-order valence-electron chi connectivity index (χ0n) is 27.3. The molecule has 2 nitrogen and oxygen atoms in total. The summed E-state index contributed by atoms with van der Waals surface area (Å²) in [5.41, 5.74) is 9.69. The minimum absolute atomic E-state index is 0.862. The van der Waals surface area contributed by atoms with Crippen molar-refractivity contribution in [2.24, 2.45) is 0 Å². The maximum absolute atomic E-state index is 6.96. The van der Waals surface area contributed by atoms with E-state index in [0.29, 0.717) is 0 Å². The second kappa shape index (κ2) is 11.5. The van der Waals surface area contributed by atoms with Crippen molar-refractivity contribution in [2.45, 2.75) is 0 Å². The molecule has 0 N–H and O–H groups in total. The number of fused-ring (bicyclic) bond motifs is 6. The van der Waals surface area contributed by atoms with E-state index in [4.69, 9.17) is 4.42 Å². The standard InChI is InChI=1S/C48H31NO/c1-2-12-32(13-3-1)34-26-28-39(29-27-34)49(43-21-10-18-35-15-6-8-19-40(35)43)44-22-11-23-45-47(44)42-31-37-17-7-9-20-41(37)46(48(42)50-45)38-25-24-33-14-4-5-16-36(33)30-38/h1-31H. The van der Waals surface area contributed by atoms with E-state index in [-0.39, 0.29) is 0 Å². The first-order valence-electron chi connectivity index (χ1n) is 17.1. The van der Waals surface area contributed by atoms with E-state index >= 15 is 0 Å². The van der Waals surface area contributed by atoms with Crippen LogP contribution in [-0.4, -0.2) is 0 Å². The highest BCUT2D eigenvalue weighted by Gasteiger charge is 2.23. The quantitative estimate of drug-likeness (QED) is 0.187. The number of furan rings is 1. The summed E-state index contributed by atoms with van der Waals surface area (Å²) in [6.07, 6.45) is 0. The Morgan fingerprint density at radius 3 is 1.82 bits per heavy atom. The first-order chi connectivity index (χ1) is 24.8. The van der Waals surface area contributed by atoms with Crippen molar-refractivity contribution in [2.75, 3.05) is 4.90 Å². The zero-order valence-corrected chi connectivity index (χ0v) is 27.3. The Bertz CT molecular complexity index is 2860. The van der Waals surface area contributed by atoms with Crippen LogP contribution < -0.4 is 4.90 Å². The third-order valence-electron chi connectivity index (χ3n) is 10.0. The lowest BCUT2D eigenvalue weighted by Crippen LogP contribution is -2.10. The highest BCUT2D eigenvalue weighted by atomic mass is 16.3. The van der Waals surface area contributed by atoms with Gasteiger partial charge in [-0.25, -0.2) is 0 Å². The van der Waals surface area contributed by atoms with Gasteiger partial charge in [-0.2, -0.15) is 0 Å². The minimum Gasteiger partial charge on any atom is -0.455 e. The van der Waals surface area contributed by atoms with E-state index in [0.717, 1.165) is 50.1 Å². The highest BCUT2D eigenvalue weighted by Crippen LogP contribution is 2.48. The molecule has 0 saturated heterocycles. The molecule has 0 aliphatic rings. The second-order valence-electron chi connectivity index (χ2n) is 12.9. The van der Waals surface area contributed by atoms with Gasteiger partial charge in [0, 0.05) is 22.0 Å². The molecule has 0 spiro atoms. The number of anilines is 3. The van der Waals surface area contributed by atoms with Crippen molar-refractivity contribution < 1.29 is 4.42 Å². The van der Waals surface area contributed by atoms with Gasteiger partial charge in [-0.1, -0.05) is 146 Å². The van der Waals surface area contributed by atoms with Gasteiger partial charge in [-0.3, -0.25) is 0 Å². The van der Waals surface area contributed by atoms with Gasteiger partial charge >= 0.3 is 0 Å². The SMILES string of the molecule is c1ccc(-c2ccc(N(c3cccc4ccccc34)c3cccc4oc5c(-c6ccc7ccccc7c6)c6ccccc6cc5c34)cc2)cc1. The van der Waals surface area contributed by atoms with E-state index in [2.05, 4.69) is 193 Å². The predicted molar refractivity (Wildman–Crippen MR) is 212 cm³/mol. The van der Waals surface area contributed by atoms with Crippen molar-refractivity contribution in [3.05, 3.63) is 188 Å². The lowest BCUT2D eigenvalue weighted by Gasteiger charge is -2.27. The van der Waals surface area contributed by atoms with Gasteiger partial charge in [0.05, 0.1) is 16.8 Å². The van der Waals surface area contributed by atoms with Crippen LogP contribution in [0.15, 0.2) is 192 Å². The average Bonchev–Trinajstić information content (AvgIpc) is 3.56. The van der Waals surface area contributed by atoms with Crippen LogP contribution in [0.5, 0.6) is 0 Å². The van der Waals surface area contributed by atoms with Crippen LogP contribution in [0.1, 0.15) is 0 Å². The lowest BCUT2D eigenvalue weighted by atomic mass is 9.93. The van der Waals surface area contributed by atoms with Crippen molar-refractivity contribution >= 4 is 71.3 Å². The van der Waals surface area contributed by atoms with Gasteiger partial charge in [0.25, 0.3) is 0 Å². The van der Waals surface area contributed by atoms with Gasteiger partial charge in [-0.05, 0) is 86.1 Å². The van der Waals surface area contributed by atoms with Crippen LogP contribution >= 0.6 is 0 Å². The first kappa shape index (κ1) is 28.4. The van der Waals surface area contributed by atoms with Crippen LogP contribution in [0.4, 0.5) is 17.1 Å². The fourth-order valence-corrected chi connectivity index (χ4v) is 7.67. The molecule has 0 aliphatic carbocycles. The van der Waals surface area contributed by atoms with Crippen LogP contribution in [0.3, 0.4) is 0 Å². The summed E-state index contributed by atoms with van der Waals surface area (Å²) in [5.74, 6) is 0. The Morgan fingerprint density at radius 2 is 0.980 bits per heavy atom. The molecule has 1 aromatic heterocycles. The largest absolute Gasteiger partial charge is 0.455 e. The predicted octanol–water partition coefficient (Wildman–Crippen LogP) is 13.8. The molecule has 0 radical (unpaired) electrons. The van der Waals surface area contributed by atoms with Gasteiger partial charge in [0.2, 0.25) is 0 Å².